The highest BCUT2D eigenvalue weighted by molar-refractivity contribution is 6.30. The monoisotopic (exact) mass is 505 g/mol. The van der Waals surface area contributed by atoms with Crippen LogP contribution in [0.5, 0.6) is 0 Å². The van der Waals surface area contributed by atoms with Gasteiger partial charge in [0.1, 0.15) is 12.1 Å². The molecule has 0 saturated carbocycles. The molecule has 1 saturated heterocycles. The van der Waals surface area contributed by atoms with Crippen molar-refractivity contribution >= 4 is 40.4 Å². The van der Waals surface area contributed by atoms with Crippen LogP contribution in [0.4, 0.5) is 5.82 Å². The number of rotatable bonds is 4. The Morgan fingerprint density at radius 3 is 2.35 bits per heavy atom. The molecule has 5 nitrogen and oxygen atoms in total. The second-order valence-electron chi connectivity index (χ2n) is 10.4. The number of nitrogens with zero attached hydrogens (tertiary/aromatic N) is 5. The molecule has 0 radical (unpaired) electrons. The molecule has 6 rings (SSSR count). The predicted molar refractivity (Wildman–Crippen MR) is 150 cm³/mol. The Labute approximate surface area is 222 Å². The zero-order valence-corrected chi connectivity index (χ0v) is 21.9. The van der Waals surface area contributed by atoms with Gasteiger partial charge in [-0.05, 0) is 72.4 Å². The number of nitriles is 1. The molecular weight excluding hydrogens is 478 g/mol. The molecule has 37 heavy (non-hydrogen) atoms. The maximum atomic E-state index is 9.11. The van der Waals surface area contributed by atoms with Crippen molar-refractivity contribution in [2.45, 2.75) is 39.5 Å². The van der Waals surface area contributed by atoms with Crippen LogP contribution in [0.1, 0.15) is 61.1 Å². The highest BCUT2D eigenvalue weighted by Gasteiger charge is 2.38. The molecule has 2 aliphatic heterocycles. The molecule has 2 aromatic carbocycles. The average Bonchev–Trinajstić information content (AvgIpc) is 3.54. The lowest BCUT2D eigenvalue weighted by Gasteiger charge is -2.40. The zero-order chi connectivity index (χ0) is 25.6. The Hall–Kier alpha value is -3.75. The fourth-order valence-corrected chi connectivity index (χ4v) is 5.85. The molecular formula is C31H28ClN5. The first-order chi connectivity index (χ1) is 17.9. The van der Waals surface area contributed by atoms with Crippen LogP contribution in [0.2, 0.25) is 5.02 Å². The van der Waals surface area contributed by atoms with Crippen molar-refractivity contribution in [2.24, 2.45) is 10.4 Å². The van der Waals surface area contributed by atoms with E-state index in [2.05, 4.69) is 48.0 Å². The topological polar surface area (TPSA) is 65.2 Å². The van der Waals surface area contributed by atoms with Gasteiger partial charge in [0.25, 0.3) is 0 Å². The molecule has 0 N–H and O–H groups in total. The van der Waals surface area contributed by atoms with E-state index in [-0.39, 0.29) is 5.41 Å². The van der Waals surface area contributed by atoms with Crippen molar-refractivity contribution in [3.8, 4) is 6.07 Å². The molecule has 1 aromatic heterocycles. The highest BCUT2D eigenvalue weighted by atomic mass is 35.5. The summed E-state index contributed by atoms with van der Waals surface area (Å²) in [5, 5.41) is 9.87. The van der Waals surface area contributed by atoms with Crippen LogP contribution in [-0.2, 0) is 6.42 Å². The van der Waals surface area contributed by atoms with Crippen molar-refractivity contribution in [1.82, 2.24) is 9.97 Å². The molecule has 3 aromatic rings. The molecule has 6 heteroatoms. The minimum Gasteiger partial charge on any atom is -0.356 e. The largest absolute Gasteiger partial charge is 0.356 e. The quantitative estimate of drug-likeness (QED) is 0.383. The van der Waals surface area contributed by atoms with Gasteiger partial charge in [0.2, 0.25) is 0 Å². The molecule has 0 unspecified atom stereocenters. The number of hydrogen-bond donors (Lipinski definition) is 0. The third-order valence-electron chi connectivity index (χ3n) is 8.15. The maximum absolute atomic E-state index is 9.11. The Bertz CT molecular complexity index is 1500. The standard InChI is InChI=1S/C31H28ClN5/c1-20-26(23-7-9-25(32)10-8-23)17-29(36-20)31(2)11-13-37(14-12-31)30-27-15-24(16-28(27)34-19-35-30)22-5-3-21(18-33)4-6-22/h3-10,15,19H,11-14,16-17H2,1-2H3. The Balaban J connectivity index is 1.17. The van der Waals surface area contributed by atoms with E-state index in [1.807, 2.05) is 36.4 Å². The SMILES string of the molecule is CC1=C(c2ccc(Cl)cc2)CC(C2(C)CCN(c3ncnc4c3C=C(c3ccc(C#N)cc3)C4)CC2)=N1. The summed E-state index contributed by atoms with van der Waals surface area (Å²) in [5.74, 6) is 1.03. The van der Waals surface area contributed by atoms with Gasteiger partial charge < -0.3 is 4.90 Å². The third kappa shape index (κ3) is 4.36. The molecule has 3 heterocycles. The summed E-state index contributed by atoms with van der Waals surface area (Å²) >= 11 is 6.10. The lowest BCUT2D eigenvalue weighted by atomic mass is 9.74. The number of piperidine rings is 1. The number of anilines is 1. The van der Waals surface area contributed by atoms with E-state index in [1.165, 1.54) is 22.4 Å². The Morgan fingerprint density at radius 1 is 0.946 bits per heavy atom. The van der Waals surface area contributed by atoms with E-state index in [0.717, 1.165) is 72.1 Å². The van der Waals surface area contributed by atoms with Crippen LogP contribution >= 0.6 is 11.6 Å². The molecule has 1 aliphatic carbocycles. The van der Waals surface area contributed by atoms with Crippen LogP contribution in [-0.4, -0.2) is 28.8 Å². The van der Waals surface area contributed by atoms with Gasteiger partial charge in [0.15, 0.2) is 0 Å². The normalized spacial score (nSPS) is 18.4. The second-order valence-corrected chi connectivity index (χ2v) is 10.9. The highest BCUT2D eigenvalue weighted by Crippen LogP contribution is 2.43. The van der Waals surface area contributed by atoms with Crippen LogP contribution in [0.3, 0.4) is 0 Å². The van der Waals surface area contributed by atoms with Gasteiger partial charge in [-0.1, -0.05) is 42.8 Å². The summed E-state index contributed by atoms with van der Waals surface area (Å²) in [7, 11) is 0. The molecule has 0 bridgehead atoms. The molecule has 184 valence electrons. The summed E-state index contributed by atoms with van der Waals surface area (Å²) in [6, 6.07) is 18.1. The van der Waals surface area contributed by atoms with E-state index < -0.39 is 0 Å². The number of aliphatic imine (C=N–C) groups is 1. The first-order valence-corrected chi connectivity index (χ1v) is 13.1. The molecule has 0 amide bonds. The average molecular weight is 506 g/mol. The predicted octanol–water partition coefficient (Wildman–Crippen LogP) is 6.98. The van der Waals surface area contributed by atoms with Gasteiger partial charge in [0.05, 0.1) is 17.3 Å². The number of allylic oxidation sites excluding steroid dienone is 3. The van der Waals surface area contributed by atoms with Crippen LogP contribution in [0.25, 0.3) is 17.2 Å². The van der Waals surface area contributed by atoms with Gasteiger partial charge in [0, 0.05) is 53.3 Å². The molecule has 0 spiro atoms. The first-order valence-electron chi connectivity index (χ1n) is 12.8. The summed E-state index contributed by atoms with van der Waals surface area (Å²) in [6.45, 7) is 6.37. The second kappa shape index (κ2) is 9.28. The number of fused-ring (bicyclic) bond motifs is 1. The molecule has 1 fully saturated rings. The lowest BCUT2D eigenvalue weighted by molar-refractivity contribution is 0.351. The van der Waals surface area contributed by atoms with Crippen LogP contribution < -0.4 is 4.90 Å². The van der Waals surface area contributed by atoms with Crippen molar-refractivity contribution in [2.75, 3.05) is 18.0 Å². The van der Waals surface area contributed by atoms with Crippen LogP contribution in [0.15, 0.2) is 65.5 Å². The van der Waals surface area contributed by atoms with Gasteiger partial charge in [-0.15, -0.1) is 0 Å². The molecule has 3 aliphatic rings. The van der Waals surface area contributed by atoms with Gasteiger partial charge in [-0.2, -0.15) is 5.26 Å². The summed E-state index contributed by atoms with van der Waals surface area (Å²) in [6.07, 6.45) is 7.70. The van der Waals surface area contributed by atoms with Gasteiger partial charge in [-0.25, -0.2) is 9.97 Å². The van der Waals surface area contributed by atoms with E-state index >= 15 is 0 Å². The summed E-state index contributed by atoms with van der Waals surface area (Å²) in [4.78, 5) is 16.8. The fraction of sp³-hybridized carbons (Fsp3) is 0.290. The first kappa shape index (κ1) is 23.6. The Morgan fingerprint density at radius 2 is 1.65 bits per heavy atom. The smallest absolute Gasteiger partial charge is 0.139 e. The van der Waals surface area contributed by atoms with Gasteiger partial charge in [-0.3, -0.25) is 4.99 Å². The van der Waals surface area contributed by atoms with Crippen molar-refractivity contribution in [3.05, 3.63) is 93.5 Å². The lowest BCUT2D eigenvalue weighted by Crippen LogP contribution is -2.43. The minimum absolute atomic E-state index is 0.0750. The number of hydrogen-bond acceptors (Lipinski definition) is 5. The zero-order valence-electron chi connectivity index (χ0n) is 21.1. The third-order valence-corrected chi connectivity index (χ3v) is 8.40. The number of aromatic nitrogens is 2. The van der Waals surface area contributed by atoms with E-state index in [4.69, 9.17) is 26.8 Å². The summed E-state index contributed by atoms with van der Waals surface area (Å²) in [5.41, 5.74) is 10.2. The van der Waals surface area contributed by atoms with Gasteiger partial charge >= 0.3 is 0 Å². The van der Waals surface area contributed by atoms with Crippen LogP contribution in [0, 0.1) is 16.7 Å². The maximum Gasteiger partial charge on any atom is 0.139 e. The number of benzene rings is 2. The van der Waals surface area contributed by atoms with Crippen molar-refractivity contribution in [1.29, 1.82) is 5.26 Å². The summed E-state index contributed by atoms with van der Waals surface area (Å²) < 4.78 is 0. The van der Waals surface area contributed by atoms with E-state index in [1.54, 1.807) is 6.33 Å². The Kier molecular flexibility index (Phi) is 5.93. The minimum atomic E-state index is 0.0750. The molecule has 0 atom stereocenters. The van der Waals surface area contributed by atoms with E-state index in [9.17, 15) is 0 Å². The fourth-order valence-electron chi connectivity index (χ4n) is 5.73. The van der Waals surface area contributed by atoms with E-state index in [0.29, 0.717) is 5.56 Å². The van der Waals surface area contributed by atoms with Crippen molar-refractivity contribution in [3.63, 3.8) is 0 Å². The number of halogens is 1. The van der Waals surface area contributed by atoms with Crippen molar-refractivity contribution < 1.29 is 0 Å².